The third-order valence-corrected chi connectivity index (χ3v) is 5.06. The molecule has 1 saturated heterocycles. The van der Waals surface area contributed by atoms with Crippen LogP contribution in [0.15, 0.2) is 12.4 Å². The molecule has 1 unspecified atom stereocenters. The molecule has 1 aromatic rings. The van der Waals surface area contributed by atoms with E-state index in [1.165, 1.54) is 12.0 Å². The van der Waals surface area contributed by atoms with E-state index in [0.717, 1.165) is 38.9 Å². The predicted octanol–water partition coefficient (Wildman–Crippen LogP) is 2.20. The van der Waals surface area contributed by atoms with Crippen LogP contribution in [-0.2, 0) is 6.54 Å². The zero-order valence-electron chi connectivity index (χ0n) is 12.0. The van der Waals surface area contributed by atoms with Gasteiger partial charge in [0.1, 0.15) is 0 Å². The number of likely N-dealkylation sites (tertiary alicyclic amines) is 1. The van der Waals surface area contributed by atoms with E-state index in [9.17, 15) is 5.11 Å². The topological polar surface area (TPSA) is 41.3 Å². The van der Waals surface area contributed by atoms with Crippen LogP contribution >= 0.6 is 0 Å². The molecule has 2 heterocycles. The highest BCUT2D eigenvalue weighted by Gasteiger charge is 2.47. The molecule has 1 aliphatic carbocycles. The van der Waals surface area contributed by atoms with Crippen molar-refractivity contribution < 1.29 is 5.11 Å². The molecule has 2 fully saturated rings. The Morgan fingerprint density at radius 2 is 2.11 bits per heavy atom. The van der Waals surface area contributed by atoms with E-state index < -0.39 is 0 Å². The standard InChI is InChI=1S/C15H25N3O/c1-12(2)18-11-13(9-16-18)10-17-7-5-15(6-8-17)4-3-14(15)19/h9,11-12,14,19H,3-8,10H2,1-2H3. The molecular formula is C15H25N3O. The van der Waals surface area contributed by atoms with Gasteiger partial charge < -0.3 is 5.11 Å². The Hall–Kier alpha value is -0.870. The number of hydrogen-bond acceptors (Lipinski definition) is 3. The summed E-state index contributed by atoms with van der Waals surface area (Å²) < 4.78 is 2.02. The fourth-order valence-corrected chi connectivity index (χ4v) is 3.42. The van der Waals surface area contributed by atoms with E-state index in [0.29, 0.717) is 6.04 Å². The Balaban J connectivity index is 1.54. The molecule has 0 bridgehead atoms. The summed E-state index contributed by atoms with van der Waals surface area (Å²) in [6.45, 7) is 7.53. The molecule has 19 heavy (non-hydrogen) atoms. The Kier molecular flexibility index (Phi) is 3.39. The third kappa shape index (κ3) is 2.43. The molecular weight excluding hydrogens is 238 g/mol. The predicted molar refractivity (Wildman–Crippen MR) is 74.8 cm³/mol. The molecule has 106 valence electrons. The van der Waals surface area contributed by atoms with Crippen LogP contribution in [0.25, 0.3) is 0 Å². The molecule has 4 heteroatoms. The van der Waals surface area contributed by atoms with Gasteiger partial charge in [-0.1, -0.05) is 0 Å². The minimum Gasteiger partial charge on any atom is -0.393 e. The largest absolute Gasteiger partial charge is 0.393 e. The highest BCUT2D eigenvalue weighted by molar-refractivity contribution is 5.06. The molecule has 1 aliphatic heterocycles. The Morgan fingerprint density at radius 1 is 1.37 bits per heavy atom. The van der Waals surface area contributed by atoms with Gasteiger partial charge in [-0.05, 0) is 58.0 Å². The quantitative estimate of drug-likeness (QED) is 0.909. The van der Waals surface area contributed by atoms with Gasteiger partial charge in [0, 0.05) is 24.3 Å². The molecule has 4 nitrogen and oxygen atoms in total. The van der Waals surface area contributed by atoms with E-state index in [4.69, 9.17) is 0 Å². The number of aliphatic hydroxyl groups is 1. The summed E-state index contributed by atoms with van der Waals surface area (Å²) in [5, 5.41) is 14.3. The van der Waals surface area contributed by atoms with Crippen molar-refractivity contribution in [3.8, 4) is 0 Å². The first-order chi connectivity index (χ1) is 9.09. The number of aliphatic hydroxyl groups excluding tert-OH is 1. The van der Waals surface area contributed by atoms with Crippen molar-refractivity contribution in [2.24, 2.45) is 5.41 Å². The molecule has 1 saturated carbocycles. The van der Waals surface area contributed by atoms with Crippen LogP contribution in [0.4, 0.5) is 0 Å². The first-order valence-electron chi connectivity index (χ1n) is 7.52. The number of piperidine rings is 1. The van der Waals surface area contributed by atoms with Gasteiger partial charge in [0.15, 0.2) is 0 Å². The highest BCUT2D eigenvalue weighted by Crippen LogP contribution is 2.49. The molecule has 1 spiro atoms. The minimum absolute atomic E-state index is 0.0293. The SMILES string of the molecule is CC(C)n1cc(CN2CCC3(CCC3O)CC2)cn1. The second kappa shape index (κ2) is 4.91. The molecule has 1 atom stereocenters. The molecule has 0 radical (unpaired) electrons. The number of nitrogens with zero attached hydrogens (tertiary/aromatic N) is 3. The smallest absolute Gasteiger partial charge is 0.0597 e. The van der Waals surface area contributed by atoms with Crippen LogP contribution in [0, 0.1) is 5.41 Å². The van der Waals surface area contributed by atoms with Crippen LogP contribution in [0.5, 0.6) is 0 Å². The third-order valence-electron chi connectivity index (χ3n) is 5.06. The lowest BCUT2D eigenvalue weighted by Crippen LogP contribution is -2.51. The maximum Gasteiger partial charge on any atom is 0.0597 e. The zero-order chi connectivity index (χ0) is 13.5. The first kappa shape index (κ1) is 13.1. The van der Waals surface area contributed by atoms with Crippen LogP contribution in [0.3, 0.4) is 0 Å². The lowest BCUT2D eigenvalue weighted by atomic mass is 9.61. The first-order valence-corrected chi connectivity index (χ1v) is 7.52. The second-order valence-corrected chi connectivity index (χ2v) is 6.62. The summed E-state index contributed by atoms with van der Waals surface area (Å²) in [5.74, 6) is 0. The Labute approximate surface area is 115 Å². The Bertz CT molecular complexity index is 432. The van der Waals surface area contributed by atoms with Crippen LogP contribution in [0.1, 0.15) is 51.1 Å². The van der Waals surface area contributed by atoms with Gasteiger partial charge in [0.2, 0.25) is 0 Å². The van der Waals surface area contributed by atoms with Crippen molar-refractivity contribution >= 4 is 0 Å². The average Bonchev–Trinajstić information content (AvgIpc) is 2.87. The average molecular weight is 263 g/mol. The van der Waals surface area contributed by atoms with Crippen molar-refractivity contribution in [2.75, 3.05) is 13.1 Å². The maximum atomic E-state index is 9.93. The number of rotatable bonds is 3. The summed E-state index contributed by atoms with van der Waals surface area (Å²) >= 11 is 0. The normalized spacial score (nSPS) is 26.8. The van der Waals surface area contributed by atoms with Crippen molar-refractivity contribution in [2.45, 2.75) is 58.2 Å². The summed E-state index contributed by atoms with van der Waals surface area (Å²) in [4.78, 5) is 2.50. The highest BCUT2D eigenvalue weighted by atomic mass is 16.3. The number of aromatic nitrogens is 2. The molecule has 0 amide bonds. The monoisotopic (exact) mass is 263 g/mol. The molecule has 2 aliphatic rings. The molecule has 1 N–H and O–H groups in total. The van der Waals surface area contributed by atoms with Crippen LogP contribution in [-0.4, -0.2) is 39.0 Å². The fourth-order valence-electron chi connectivity index (χ4n) is 3.42. The molecule has 3 rings (SSSR count). The van der Waals surface area contributed by atoms with Gasteiger partial charge in [-0.2, -0.15) is 5.10 Å². The molecule has 1 aromatic heterocycles. The van der Waals surface area contributed by atoms with Crippen molar-refractivity contribution in [3.63, 3.8) is 0 Å². The van der Waals surface area contributed by atoms with Gasteiger partial charge >= 0.3 is 0 Å². The minimum atomic E-state index is -0.0293. The van der Waals surface area contributed by atoms with Crippen molar-refractivity contribution in [3.05, 3.63) is 18.0 Å². The number of hydrogen-bond donors (Lipinski definition) is 1. The van der Waals surface area contributed by atoms with Crippen molar-refractivity contribution in [1.82, 2.24) is 14.7 Å². The lowest BCUT2D eigenvalue weighted by molar-refractivity contribution is -0.100. The van der Waals surface area contributed by atoms with E-state index in [1.807, 2.05) is 10.9 Å². The summed E-state index contributed by atoms with van der Waals surface area (Å²) in [6, 6.07) is 0.434. The van der Waals surface area contributed by atoms with E-state index in [-0.39, 0.29) is 11.5 Å². The van der Waals surface area contributed by atoms with Gasteiger partial charge in [0.25, 0.3) is 0 Å². The van der Waals surface area contributed by atoms with E-state index >= 15 is 0 Å². The lowest BCUT2D eigenvalue weighted by Gasteiger charge is -2.51. The second-order valence-electron chi connectivity index (χ2n) is 6.62. The van der Waals surface area contributed by atoms with Gasteiger partial charge in [-0.15, -0.1) is 0 Å². The molecule has 0 aromatic carbocycles. The van der Waals surface area contributed by atoms with Crippen molar-refractivity contribution in [1.29, 1.82) is 0 Å². The van der Waals surface area contributed by atoms with Gasteiger partial charge in [-0.3, -0.25) is 9.58 Å². The Morgan fingerprint density at radius 3 is 2.58 bits per heavy atom. The van der Waals surface area contributed by atoms with Gasteiger partial charge in [0.05, 0.1) is 12.3 Å². The maximum absolute atomic E-state index is 9.93. The summed E-state index contributed by atoms with van der Waals surface area (Å²) in [5.41, 5.74) is 1.58. The summed E-state index contributed by atoms with van der Waals surface area (Å²) in [6.07, 6.45) is 8.68. The van der Waals surface area contributed by atoms with Crippen LogP contribution in [0.2, 0.25) is 0 Å². The summed E-state index contributed by atoms with van der Waals surface area (Å²) in [7, 11) is 0. The van der Waals surface area contributed by atoms with E-state index in [2.05, 4.69) is 30.0 Å². The van der Waals surface area contributed by atoms with E-state index in [1.54, 1.807) is 0 Å². The van der Waals surface area contributed by atoms with Gasteiger partial charge in [-0.25, -0.2) is 0 Å². The fraction of sp³-hybridized carbons (Fsp3) is 0.800. The van der Waals surface area contributed by atoms with Crippen LogP contribution < -0.4 is 0 Å². The zero-order valence-corrected chi connectivity index (χ0v) is 12.0.